The van der Waals surface area contributed by atoms with Gasteiger partial charge in [-0.2, -0.15) is 0 Å². The number of methoxy groups -OCH3 is 1. The first-order chi connectivity index (χ1) is 12.7. The highest BCUT2D eigenvalue weighted by atomic mass is 16.5. The summed E-state index contributed by atoms with van der Waals surface area (Å²) in [4.78, 5) is 19.1. The Bertz CT molecular complexity index is 869. The van der Waals surface area contributed by atoms with Crippen molar-refractivity contribution in [1.82, 2.24) is 9.88 Å². The molecule has 0 aliphatic carbocycles. The number of rotatable bonds is 2. The lowest BCUT2D eigenvalue weighted by atomic mass is 9.66. The van der Waals surface area contributed by atoms with Crippen LogP contribution in [0.25, 0.3) is 10.9 Å². The number of H-pyrrole nitrogens is 1. The van der Waals surface area contributed by atoms with Crippen LogP contribution in [0.2, 0.25) is 0 Å². The van der Waals surface area contributed by atoms with Crippen molar-refractivity contribution in [3.05, 3.63) is 47.2 Å². The average molecular weight is 354 g/mol. The number of allylic oxidation sites excluding steroid dienone is 1. The number of aromatic nitrogens is 1. The van der Waals surface area contributed by atoms with E-state index in [0.29, 0.717) is 0 Å². The van der Waals surface area contributed by atoms with Gasteiger partial charge >= 0.3 is 5.97 Å². The second-order valence-corrected chi connectivity index (χ2v) is 7.38. The molecule has 1 aromatic carbocycles. The Labute approximate surface area is 153 Å². The number of aromatic amines is 1. The van der Waals surface area contributed by atoms with Crippen LogP contribution in [0.15, 0.2) is 35.9 Å². The largest absolute Gasteiger partial charge is 0.468 e. The van der Waals surface area contributed by atoms with Crippen LogP contribution in [0, 0.1) is 5.92 Å². The maximum atomic E-state index is 13.1. The van der Waals surface area contributed by atoms with Gasteiger partial charge in [-0.3, -0.25) is 9.69 Å². The van der Waals surface area contributed by atoms with Crippen LogP contribution < -0.4 is 0 Å². The number of nitrogens with zero attached hydrogens (tertiary/aromatic N) is 1. The Morgan fingerprint density at radius 3 is 2.96 bits per heavy atom. The van der Waals surface area contributed by atoms with E-state index in [4.69, 9.17) is 4.74 Å². The van der Waals surface area contributed by atoms with E-state index < -0.39 is 5.41 Å². The first-order valence-corrected chi connectivity index (χ1v) is 9.32. The Morgan fingerprint density at radius 1 is 1.42 bits per heavy atom. The van der Waals surface area contributed by atoms with Crippen molar-refractivity contribution in [2.75, 3.05) is 33.4 Å². The van der Waals surface area contributed by atoms with Crippen LogP contribution in [-0.4, -0.2) is 54.3 Å². The molecule has 0 saturated carbocycles. The molecule has 0 radical (unpaired) electrons. The van der Waals surface area contributed by atoms with Gasteiger partial charge in [-0.1, -0.05) is 29.8 Å². The van der Waals surface area contributed by atoms with Crippen molar-refractivity contribution in [2.24, 2.45) is 5.92 Å². The lowest BCUT2D eigenvalue weighted by Crippen LogP contribution is -2.52. The first-order valence-electron chi connectivity index (χ1n) is 9.32. The summed E-state index contributed by atoms with van der Waals surface area (Å²) >= 11 is 0. The number of aliphatic hydroxyl groups is 1. The summed E-state index contributed by atoms with van der Waals surface area (Å²) in [6.45, 7) is 4.49. The zero-order chi connectivity index (χ0) is 18.3. The number of carbonyl (C=O) groups excluding carboxylic acids is 1. The van der Waals surface area contributed by atoms with E-state index >= 15 is 0 Å². The molecule has 138 valence electrons. The third-order valence-corrected chi connectivity index (χ3v) is 6.29. The highest BCUT2D eigenvalue weighted by molar-refractivity contribution is 5.91. The summed E-state index contributed by atoms with van der Waals surface area (Å²) < 4.78 is 5.26. The average Bonchev–Trinajstić information content (AvgIpc) is 3.09. The molecule has 5 heteroatoms. The molecule has 0 amide bonds. The summed E-state index contributed by atoms with van der Waals surface area (Å²) in [5.41, 5.74) is 3.10. The molecule has 1 fully saturated rings. The third kappa shape index (κ3) is 2.34. The van der Waals surface area contributed by atoms with Gasteiger partial charge in [0.15, 0.2) is 0 Å². The van der Waals surface area contributed by atoms with E-state index in [9.17, 15) is 9.90 Å². The van der Waals surface area contributed by atoms with E-state index in [-0.39, 0.29) is 18.5 Å². The van der Waals surface area contributed by atoms with E-state index in [1.54, 1.807) is 0 Å². The molecule has 2 bridgehead atoms. The third-order valence-electron chi connectivity index (χ3n) is 6.29. The van der Waals surface area contributed by atoms with E-state index in [2.05, 4.69) is 22.0 Å². The lowest BCUT2D eigenvalue weighted by molar-refractivity contribution is -0.152. The summed E-state index contributed by atoms with van der Waals surface area (Å²) in [5.74, 6) is -0.418. The molecule has 3 aliphatic heterocycles. The minimum atomic E-state index is -1.08. The molecule has 0 spiro atoms. The predicted octanol–water partition coefficient (Wildman–Crippen LogP) is 2.40. The quantitative estimate of drug-likeness (QED) is 0.642. The molecule has 1 saturated heterocycles. The number of aliphatic hydroxyl groups excluding tert-OH is 1. The van der Waals surface area contributed by atoms with E-state index in [0.717, 1.165) is 54.6 Å². The molecular formula is C21H26N2O3. The Morgan fingerprint density at radius 2 is 2.23 bits per heavy atom. The molecule has 5 rings (SSSR count). The maximum Gasteiger partial charge on any atom is 0.320 e. The summed E-state index contributed by atoms with van der Waals surface area (Å²) in [5, 5.41) is 11.7. The fraction of sp³-hybridized carbons (Fsp3) is 0.476. The highest BCUT2D eigenvalue weighted by Crippen LogP contribution is 2.45. The molecular weight excluding hydrogens is 328 g/mol. The van der Waals surface area contributed by atoms with Gasteiger partial charge in [0.25, 0.3) is 0 Å². The number of hydrogen-bond acceptors (Lipinski definition) is 4. The van der Waals surface area contributed by atoms with Crippen molar-refractivity contribution in [3.8, 4) is 0 Å². The van der Waals surface area contributed by atoms with Gasteiger partial charge in [-0.15, -0.1) is 0 Å². The molecule has 2 N–H and O–H groups in total. The number of esters is 1. The summed E-state index contributed by atoms with van der Waals surface area (Å²) in [6.07, 6.45) is 3.80. The van der Waals surface area contributed by atoms with Crippen molar-refractivity contribution in [2.45, 2.75) is 25.2 Å². The number of ether oxygens (including phenoxy) is 1. The monoisotopic (exact) mass is 354 g/mol. The minimum Gasteiger partial charge on any atom is -0.468 e. The second kappa shape index (κ2) is 6.56. The predicted molar refractivity (Wildman–Crippen MR) is 101 cm³/mol. The number of benzene rings is 1. The number of nitrogens with one attached hydrogen (secondary N) is 1. The van der Waals surface area contributed by atoms with Gasteiger partial charge < -0.3 is 14.8 Å². The van der Waals surface area contributed by atoms with Crippen molar-refractivity contribution in [3.63, 3.8) is 0 Å². The van der Waals surface area contributed by atoms with Crippen LogP contribution in [0.4, 0.5) is 0 Å². The number of para-hydroxylation sites is 1. The molecule has 4 heterocycles. The van der Waals surface area contributed by atoms with Crippen molar-refractivity contribution < 1.29 is 14.6 Å². The zero-order valence-electron chi connectivity index (χ0n) is 15.4. The molecule has 1 unspecified atom stereocenters. The first kappa shape index (κ1) is 17.3. The Hall–Kier alpha value is -2.11. The Balaban J connectivity index is 2.05. The SMILES string of the molecule is C/C=C1/CN2CCc3c([nH]c4ccccc34)[C@@](CO)(C(=O)OC)[C@@H]1CC2. The second-order valence-electron chi connectivity index (χ2n) is 7.38. The molecule has 26 heavy (non-hydrogen) atoms. The van der Waals surface area contributed by atoms with Crippen LogP contribution in [0.5, 0.6) is 0 Å². The lowest BCUT2D eigenvalue weighted by Gasteiger charge is -2.42. The zero-order valence-corrected chi connectivity index (χ0v) is 15.4. The number of hydrogen-bond donors (Lipinski definition) is 2. The normalized spacial score (nSPS) is 29.9. The molecule has 1 aromatic heterocycles. The molecule has 3 aliphatic rings. The molecule has 2 aromatic rings. The van der Waals surface area contributed by atoms with Crippen molar-refractivity contribution >= 4 is 16.9 Å². The van der Waals surface area contributed by atoms with Gasteiger partial charge in [-0.25, -0.2) is 0 Å². The number of carbonyl (C=O) groups is 1. The van der Waals surface area contributed by atoms with Crippen LogP contribution in [0.1, 0.15) is 24.6 Å². The topological polar surface area (TPSA) is 65.6 Å². The van der Waals surface area contributed by atoms with Gasteiger partial charge in [-0.05, 0) is 37.9 Å². The maximum absolute atomic E-state index is 13.1. The summed E-state index contributed by atoms with van der Waals surface area (Å²) in [6, 6.07) is 8.14. The Kier molecular flexibility index (Phi) is 4.37. The molecule has 3 atom stereocenters. The van der Waals surface area contributed by atoms with E-state index in [1.165, 1.54) is 12.7 Å². The standard InChI is InChI=1S/C21H26N2O3/c1-3-14-12-23-10-8-16-15-6-4-5-7-18(15)22-19(16)21(13-24,20(25)26-2)17(14)9-11-23/h3-7,17,22,24H,8-13H2,1-2H3/b14-3-/t17-,21+/m1/s1. The van der Waals surface area contributed by atoms with Crippen molar-refractivity contribution in [1.29, 1.82) is 0 Å². The van der Waals surface area contributed by atoms with Gasteiger partial charge in [0.1, 0.15) is 5.41 Å². The smallest absolute Gasteiger partial charge is 0.320 e. The fourth-order valence-corrected chi connectivity index (χ4v) is 4.96. The summed E-state index contributed by atoms with van der Waals surface area (Å²) in [7, 11) is 1.42. The number of piperidine rings is 1. The van der Waals surface area contributed by atoms with E-state index in [1.807, 2.05) is 25.1 Å². The van der Waals surface area contributed by atoms with Crippen LogP contribution in [0.3, 0.4) is 0 Å². The highest BCUT2D eigenvalue weighted by Gasteiger charge is 2.53. The fourth-order valence-electron chi connectivity index (χ4n) is 4.96. The minimum absolute atomic E-state index is 0.0638. The van der Waals surface area contributed by atoms with Gasteiger partial charge in [0, 0.05) is 35.6 Å². The van der Waals surface area contributed by atoms with Crippen LogP contribution >= 0.6 is 0 Å². The van der Waals surface area contributed by atoms with Gasteiger partial charge in [0.2, 0.25) is 0 Å². The number of fused-ring (bicyclic) bond motifs is 4. The molecule has 5 nitrogen and oxygen atoms in total. The van der Waals surface area contributed by atoms with Gasteiger partial charge in [0.05, 0.1) is 13.7 Å². The van der Waals surface area contributed by atoms with Crippen LogP contribution in [-0.2, 0) is 21.4 Å².